The lowest BCUT2D eigenvalue weighted by Gasteiger charge is -2.39. The SMILES string of the molecule is COc1cc2c3c(c1OC)C1CCCCC1C=C3NCC2. The zero-order valence-corrected chi connectivity index (χ0v) is 12.9. The number of allylic oxidation sites excluding steroid dienone is 1. The number of hydrogen-bond donors (Lipinski definition) is 1. The van der Waals surface area contributed by atoms with Gasteiger partial charge in [-0.05, 0) is 42.7 Å². The van der Waals surface area contributed by atoms with Crippen molar-refractivity contribution in [2.75, 3.05) is 20.8 Å². The molecule has 0 spiro atoms. The second-order valence-electron chi connectivity index (χ2n) is 6.37. The number of fused-ring (bicyclic) bond motifs is 2. The van der Waals surface area contributed by atoms with Crippen LogP contribution in [-0.4, -0.2) is 20.8 Å². The molecule has 0 bridgehead atoms. The average Bonchev–Trinajstić information content (AvgIpc) is 2.54. The molecule has 3 aliphatic rings. The predicted molar refractivity (Wildman–Crippen MR) is 83.9 cm³/mol. The Morgan fingerprint density at radius 1 is 1.14 bits per heavy atom. The first-order chi connectivity index (χ1) is 10.3. The van der Waals surface area contributed by atoms with Crippen molar-refractivity contribution >= 4 is 5.70 Å². The molecule has 0 saturated heterocycles. The first kappa shape index (κ1) is 13.1. The first-order valence-corrected chi connectivity index (χ1v) is 8.07. The summed E-state index contributed by atoms with van der Waals surface area (Å²) in [7, 11) is 3.52. The highest BCUT2D eigenvalue weighted by Crippen LogP contribution is 2.52. The van der Waals surface area contributed by atoms with Crippen LogP contribution < -0.4 is 14.8 Å². The van der Waals surface area contributed by atoms with Crippen LogP contribution in [0.2, 0.25) is 0 Å². The predicted octanol–water partition coefficient (Wildman–Crippen LogP) is 3.48. The minimum atomic E-state index is 0.598. The maximum Gasteiger partial charge on any atom is 0.164 e. The van der Waals surface area contributed by atoms with E-state index in [0.717, 1.165) is 24.5 Å². The van der Waals surface area contributed by atoms with E-state index in [9.17, 15) is 0 Å². The van der Waals surface area contributed by atoms with Crippen molar-refractivity contribution in [3.05, 3.63) is 28.8 Å². The topological polar surface area (TPSA) is 30.5 Å². The number of methoxy groups -OCH3 is 2. The fraction of sp³-hybridized carbons (Fsp3) is 0.556. The Labute approximate surface area is 126 Å². The van der Waals surface area contributed by atoms with Crippen LogP contribution in [0.1, 0.15) is 48.3 Å². The van der Waals surface area contributed by atoms with Gasteiger partial charge in [0.2, 0.25) is 0 Å². The lowest BCUT2D eigenvalue weighted by molar-refractivity contribution is 0.321. The van der Waals surface area contributed by atoms with Gasteiger partial charge >= 0.3 is 0 Å². The molecule has 4 rings (SSSR count). The molecule has 1 N–H and O–H groups in total. The van der Waals surface area contributed by atoms with Gasteiger partial charge in [-0.25, -0.2) is 0 Å². The van der Waals surface area contributed by atoms with Crippen molar-refractivity contribution in [2.45, 2.75) is 38.0 Å². The van der Waals surface area contributed by atoms with Gasteiger partial charge in [0.15, 0.2) is 11.5 Å². The molecular formula is C18H23NO2. The Kier molecular flexibility index (Phi) is 3.09. The number of rotatable bonds is 2. The van der Waals surface area contributed by atoms with E-state index in [1.807, 2.05) is 0 Å². The molecule has 0 aromatic heterocycles. The van der Waals surface area contributed by atoms with Gasteiger partial charge in [0.1, 0.15) is 0 Å². The van der Waals surface area contributed by atoms with E-state index in [1.165, 1.54) is 48.1 Å². The van der Waals surface area contributed by atoms with Crippen LogP contribution in [0, 0.1) is 5.92 Å². The maximum atomic E-state index is 5.78. The molecule has 1 saturated carbocycles. The maximum absolute atomic E-state index is 5.78. The molecule has 3 heteroatoms. The number of nitrogens with one attached hydrogen (secondary N) is 1. The van der Waals surface area contributed by atoms with E-state index in [4.69, 9.17) is 9.47 Å². The van der Waals surface area contributed by atoms with E-state index >= 15 is 0 Å². The summed E-state index contributed by atoms with van der Waals surface area (Å²) in [6, 6.07) is 2.18. The molecule has 0 amide bonds. The third kappa shape index (κ3) is 1.86. The van der Waals surface area contributed by atoms with Crippen LogP contribution in [0.25, 0.3) is 5.70 Å². The summed E-state index contributed by atoms with van der Waals surface area (Å²) in [5.74, 6) is 3.11. The average molecular weight is 285 g/mol. The molecule has 112 valence electrons. The standard InChI is InChI=1S/C18H23NO2/c1-20-15-10-12-7-8-19-14-9-11-5-3-4-6-13(11)17(16(12)14)18(15)21-2/h9-11,13,19H,3-8H2,1-2H3. The second kappa shape index (κ2) is 4.97. The third-order valence-corrected chi connectivity index (χ3v) is 5.34. The number of benzene rings is 1. The van der Waals surface area contributed by atoms with Crippen LogP contribution >= 0.6 is 0 Å². The highest BCUT2D eigenvalue weighted by Gasteiger charge is 2.37. The van der Waals surface area contributed by atoms with Crippen molar-refractivity contribution < 1.29 is 9.47 Å². The Balaban J connectivity index is 1.98. The summed E-state index contributed by atoms with van der Waals surface area (Å²) < 4.78 is 11.4. The van der Waals surface area contributed by atoms with Crippen LogP contribution in [-0.2, 0) is 6.42 Å². The van der Waals surface area contributed by atoms with Gasteiger partial charge in [0, 0.05) is 23.4 Å². The fourth-order valence-corrected chi connectivity index (χ4v) is 4.44. The molecule has 0 radical (unpaired) electrons. The quantitative estimate of drug-likeness (QED) is 0.902. The smallest absolute Gasteiger partial charge is 0.164 e. The summed E-state index contributed by atoms with van der Waals surface area (Å²) in [5, 5.41) is 3.60. The van der Waals surface area contributed by atoms with Crippen LogP contribution in [0.4, 0.5) is 0 Å². The number of ether oxygens (including phenoxy) is 2. The Morgan fingerprint density at radius 2 is 2.00 bits per heavy atom. The third-order valence-electron chi connectivity index (χ3n) is 5.34. The van der Waals surface area contributed by atoms with Gasteiger partial charge < -0.3 is 14.8 Å². The van der Waals surface area contributed by atoms with E-state index < -0.39 is 0 Å². The zero-order valence-electron chi connectivity index (χ0n) is 12.9. The van der Waals surface area contributed by atoms with Crippen LogP contribution in [0.15, 0.2) is 12.1 Å². The molecule has 1 aliphatic heterocycles. The van der Waals surface area contributed by atoms with Gasteiger partial charge in [-0.15, -0.1) is 0 Å². The van der Waals surface area contributed by atoms with E-state index in [2.05, 4.69) is 17.5 Å². The van der Waals surface area contributed by atoms with Gasteiger partial charge in [-0.1, -0.05) is 18.9 Å². The lowest BCUT2D eigenvalue weighted by atomic mass is 9.68. The molecule has 3 nitrogen and oxygen atoms in total. The minimum absolute atomic E-state index is 0.598. The normalized spacial score (nSPS) is 26.1. The minimum Gasteiger partial charge on any atom is -0.493 e. The summed E-state index contributed by atoms with van der Waals surface area (Å²) in [4.78, 5) is 0. The van der Waals surface area contributed by atoms with E-state index in [0.29, 0.717) is 11.8 Å². The molecule has 2 atom stereocenters. The van der Waals surface area contributed by atoms with Crippen LogP contribution in [0.3, 0.4) is 0 Å². The summed E-state index contributed by atoms with van der Waals surface area (Å²) in [6.07, 6.45) is 8.79. The Morgan fingerprint density at radius 3 is 2.81 bits per heavy atom. The zero-order chi connectivity index (χ0) is 14.4. The lowest BCUT2D eigenvalue weighted by Crippen LogP contribution is -2.31. The first-order valence-electron chi connectivity index (χ1n) is 8.07. The van der Waals surface area contributed by atoms with Crippen LogP contribution in [0.5, 0.6) is 11.5 Å². The van der Waals surface area contributed by atoms with Crippen molar-refractivity contribution in [3.63, 3.8) is 0 Å². The molecule has 1 aromatic rings. The number of hydrogen-bond acceptors (Lipinski definition) is 3. The summed E-state index contributed by atoms with van der Waals surface area (Å²) in [6.45, 7) is 1.02. The van der Waals surface area contributed by atoms with Crippen molar-refractivity contribution in [1.82, 2.24) is 5.32 Å². The molecule has 2 aliphatic carbocycles. The fourth-order valence-electron chi connectivity index (χ4n) is 4.44. The second-order valence-corrected chi connectivity index (χ2v) is 6.37. The van der Waals surface area contributed by atoms with Gasteiger partial charge in [-0.2, -0.15) is 0 Å². The molecule has 1 aromatic carbocycles. The summed E-state index contributed by atoms with van der Waals surface area (Å²) >= 11 is 0. The molecule has 1 fully saturated rings. The van der Waals surface area contributed by atoms with E-state index in [1.54, 1.807) is 14.2 Å². The molecule has 21 heavy (non-hydrogen) atoms. The molecule has 2 unspecified atom stereocenters. The Bertz CT molecular complexity index is 606. The summed E-state index contributed by atoms with van der Waals surface area (Å²) in [5.41, 5.74) is 5.55. The highest BCUT2D eigenvalue weighted by molar-refractivity contribution is 5.78. The largest absolute Gasteiger partial charge is 0.493 e. The molecule has 1 heterocycles. The van der Waals surface area contributed by atoms with E-state index in [-0.39, 0.29) is 0 Å². The van der Waals surface area contributed by atoms with Crippen molar-refractivity contribution in [1.29, 1.82) is 0 Å². The van der Waals surface area contributed by atoms with Gasteiger partial charge in [0.25, 0.3) is 0 Å². The van der Waals surface area contributed by atoms with Gasteiger partial charge in [-0.3, -0.25) is 0 Å². The highest BCUT2D eigenvalue weighted by atomic mass is 16.5. The monoisotopic (exact) mass is 285 g/mol. The van der Waals surface area contributed by atoms with Crippen molar-refractivity contribution in [2.24, 2.45) is 5.92 Å². The molecular weight excluding hydrogens is 262 g/mol. The van der Waals surface area contributed by atoms with Crippen molar-refractivity contribution in [3.8, 4) is 11.5 Å². The van der Waals surface area contributed by atoms with Gasteiger partial charge in [0.05, 0.1) is 14.2 Å². The Hall–Kier alpha value is -1.64.